The van der Waals surface area contributed by atoms with E-state index in [0.717, 1.165) is 12.8 Å². The zero-order valence-electron chi connectivity index (χ0n) is 21.3. The van der Waals surface area contributed by atoms with Crippen LogP contribution in [0.1, 0.15) is 117 Å². The summed E-state index contributed by atoms with van der Waals surface area (Å²) in [5.41, 5.74) is 0. The highest BCUT2D eigenvalue weighted by Gasteiger charge is 2.24. The van der Waals surface area contributed by atoms with E-state index < -0.39 is 12.1 Å². The molecule has 184 valence electrons. The van der Waals surface area contributed by atoms with Crippen molar-refractivity contribution in [1.82, 2.24) is 0 Å². The van der Waals surface area contributed by atoms with Gasteiger partial charge < -0.3 is 14.3 Å². The molecule has 0 radical (unpaired) electrons. The molecule has 0 saturated carbocycles. The highest BCUT2D eigenvalue weighted by Crippen LogP contribution is 2.18. The molecule has 0 aliphatic rings. The van der Waals surface area contributed by atoms with Crippen molar-refractivity contribution < 1.29 is 23.9 Å². The third kappa shape index (κ3) is 21.9. The number of carbonyl (C=O) groups excluding carboxylic acids is 1. The molecule has 0 aliphatic heterocycles. The number of esters is 1. The summed E-state index contributed by atoms with van der Waals surface area (Å²) in [4.78, 5) is 23.2. The first kappa shape index (κ1) is 29.9. The van der Waals surface area contributed by atoms with E-state index in [0.29, 0.717) is 23.4 Å². The molecular weight excluding hydrogens is 390 g/mol. The van der Waals surface area contributed by atoms with Crippen LogP contribution in [0.5, 0.6) is 0 Å². The van der Waals surface area contributed by atoms with Crippen molar-refractivity contribution >= 4 is 11.9 Å². The predicted molar refractivity (Wildman–Crippen MR) is 129 cm³/mol. The molecule has 0 aromatic carbocycles. The maximum absolute atomic E-state index is 12.2. The van der Waals surface area contributed by atoms with Gasteiger partial charge in [-0.25, -0.2) is 0 Å². The number of carboxylic acid groups (broad SMARTS) is 1. The van der Waals surface area contributed by atoms with E-state index in [1.807, 2.05) is 21.1 Å². The Hall–Kier alpha value is -1.10. The largest absolute Gasteiger partial charge is 0.481 e. The van der Waals surface area contributed by atoms with Gasteiger partial charge in [0.05, 0.1) is 27.6 Å². The summed E-state index contributed by atoms with van der Waals surface area (Å²) in [6.07, 6.45) is 18.0. The third-order valence-corrected chi connectivity index (χ3v) is 5.84. The summed E-state index contributed by atoms with van der Waals surface area (Å²) in [6.45, 7) is 4.97. The molecule has 1 N–H and O–H groups in total. The first-order chi connectivity index (χ1) is 14.6. The molecule has 2 unspecified atom stereocenters. The Kier molecular flexibility index (Phi) is 17.8. The predicted octanol–water partition coefficient (Wildman–Crippen LogP) is 6.59. The molecule has 5 nitrogen and oxygen atoms in total. The van der Waals surface area contributed by atoms with Crippen LogP contribution in [0.3, 0.4) is 0 Å². The molecule has 0 rings (SSSR count). The summed E-state index contributed by atoms with van der Waals surface area (Å²) in [6, 6.07) is 0. The molecular formula is C26H52NO4+. The first-order valence-electron chi connectivity index (χ1n) is 12.9. The van der Waals surface area contributed by atoms with Crippen LogP contribution in [-0.4, -0.2) is 55.3 Å². The Morgan fingerprint density at radius 3 is 1.74 bits per heavy atom. The standard InChI is InChI=1S/C26H51NO4/c1-6-7-8-9-10-11-12-13-14-15-16-17-18-23(2)19-20-26(30)31-24(21-25(28)29)22-27(3,4)5/h23-24H,6-22H2,1-5H3/p+1. The fraction of sp³-hybridized carbons (Fsp3) is 0.923. The summed E-state index contributed by atoms with van der Waals surface area (Å²) < 4.78 is 6.04. The fourth-order valence-electron chi connectivity index (χ4n) is 4.04. The number of hydrogen-bond acceptors (Lipinski definition) is 3. The lowest BCUT2D eigenvalue weighted by atomic mass is 9.97. The lowest BCUT2D eigenvalue weighted by Gasteiger charge is -2.28. The van der Waals surface area contributed by atoms with Gasteiger partial charge in [-0.2, -0.15) is 0 Å². The van der Waals surface area contributed by atoms with E-state index in [1.54, 1.807) is 0 Å². The monoisotopic (exact) mass is 442 g/mol. The Labute approximate surface area is 192 Å². The van der Waals surface area contributed by atoms with Gasteiger partial charge in [-0.05, 0) is 12.3 Å². The summed E-state index contributed by atoms with van der Waals surface area (Å²) in [5, 5.41) is 9.05. The minimum Gasteiger partial charge on any atom is -0.481 e. The van der Waals surface area contributed by atoms with Crippen molar-refractivity contribution in [2.45, 2.75) is 123 Å². The Bertz CT molecular complexity index is 459. The van der Waals surface area contributed by atoms with Gasteiger partial charge >= 0.3 is 11.9 Å². The van der Waals surface area contributed by atoms with Gasteiger partial charge in [0.15, 0.2) is 6.10 Å². The van der Waals surface area contributed by atoms with Crippen LogP contribution < -0.4 is 0 Å². The number of ether oxygens (including phenoxy) is 1. The summed E-state index contributed by atoms with van der Waals surface area (Å²) in [7, 11) is 5.91. The van der Waals surface area contributed by atoms with E-state index in [1.165, 1.54) is 77.0 Å². The van der Waals surface area contributed by atoms with Gasteiger partial charge in [-0.15, -0.1) is 0 Å². The molecule has 0 bridgehead atoms. The number of nitrogens with zero attached hydrogens (tertiary/aromatic N) is 1. The number of hydrogen-bond donors (Lipinski definition) is 1. The highest BCUT2D eigenvalue weighted by atomic mass is 16.5. The second kappa shape index (κ2) is 18.5. The van der Waals surface area contributed by atoms with Crippen LogP contribution >= 0.6 is 0 Å². The number of likely N-dealkylation sites (N-methyl/N-ethyl adjacent to an activating group) is 1. The third-order valence-electron chi connectivity index (χ3n) is 5.84. The molecule has 0 fully saturated rings. The van der Waals surface area contributed by atoms with Crippen molar-refractivity contribution in [3.05, 3.63) is 0 Å². The minimum atomic E-state index is -0.924. The number of carboxylic acids is 1. The van der Waals surface area contributed by atoms with Gasteiger partial charge in [0, 0.05) is 6.42 Å². The zero-order valence-corrected chi connectivity index (χ0v) is 21.3. The van der Waals surface area contributed by atoms with Gasteiger partial charge in [0.2, 0.25) is 0 Å². The second-order valence-electron chi connectivity index (χ2n) is 10.5. The van der Waals surface area contributed by atoms with Crippen LogP contribution in [-0.2, 0) is 14.3 Å². The van der Waals surface area contributed by atoms with Gasteiger partial charge in [-0.1, -0.05) is 97.3 Å². The highest BCUT2D eigenvalue weighted by molar-refractivity contribution is 5.71. The molecule has 5 heteroatoms. The molecule has 31 heavy (non-hydrogen) atoms. The molecule has 0 spiro atoms. The molecule has 0 aromatic heterocycles. The quantitative estimate of drug-likeness (QED) is 0.124. The Balaban J connectivity index is 3.74. The maximum atomic E-state index is 12.2. The van der Waals surface area contributed by atoms with E-state index in [2.05, 4.69) is 13.8 Å². The van der Waals surface area contributed by atoms with Crippen molar-refractivity contribution in [3.8, 4) is 0 Å². The summed E-state index contributed by atoms with van der Waals surface area (Å²) >= 11 is 0. The normalized spacial score (nSPS) is 13.7. The van der Waals surface area contributed by atoms with E-state index in [4.69, 9.17) is 9.84 Å². The van der Waals surface area contributed by atoms with E-state index >= 15 is 0 Å². The maximum Gasteiger partial charge on any atom is 0.307 e. The molecule has 0 saturated heterocycles. The average molecular weight is 443 g/mol. The average Bonchev–Trinajstić information content (AvgIpc) is 2.65. The minimum absolute atomic E-state index is 0.129. The van der Waals surface area contributed by atoms with Crippen molar-refractivity contribution in [2.75, 3.05) is 27.7 Å². The van der Waals surface area contributed by atoms with E-state index in [-0.39, 0.29) is 12.4 Å². The lowest BCUT2D eigenvalue weighted by Crippen LogP contribution is -2.43. The van der Waals surface area contributed by atoms with Gasteiger partial charge in [0.1, 0.15) is 6.54 Å². The van der Waals surface area contributed by atoms with Crippen LogP contribution in [0.2, 0.25) is 0 Å². The fourth-order valence-corrected chi connectivity index (χ4v) is 4.04. The number of carbonyl (C=O) groups is 2. The number of aliphatic carboxylic acids is 1. The SMILES string of the molecule is CCCCCCCCCCCCCCC(C)CCC(=O)OC(CC(=O)O)C[N+](C)(C)C. The first-order valence-corrected chi connectivity index (χ1v) is 12.9. The van der Waals surface area contributed by atoms with Crippen LogP contribution in [0, 0.1) is 5.92 Å². The number of rotatable bonds is 21. The van der Waals surface area contributed by atoms with E-state index in [9.17, 15) is 9.59 Å². The van der Waals surface area contributed by atoms with Crippen LogP contribution in [0.25, 0.3) is 0 Å². The number of quaternary nitrogens is 1. The smallest absolute Gasteiger partial charge is 0.307 e. The number of unbranched alkanes of at least 4 members (excludes halogenated alkanes) is 11. The van der Waals surface area contributed by atoms with Crippen LogP contribution in [0.15, 0.2) is 0 Å². The molecule has 0 aliphatic carbocycles. The molecule has 0 heterocycles. The van der Waals surface area contributed by atoms with Crippen molar-refractivity contribution in [1.29, 1.82) is 0 Å². The second-order valence-corrected chi connectivity index (χ2v) is 10.5. The molecule has 0 amide bonds. The van der Waals surface area contributed by atoms with Gasteiger partial charge in [-0.3, -0.25) is 9.59 Å². The Morgan fingerprint density at radius 2 is 1.29 bits per heavy atom. The van der Waals surface area contributed by atoms with Crippen LogP contribution in [0.4, 0.5) is 0 Å². The van der Waals surface area contributed by atoms with Gasteiger partial charge in [0.25, 0.3) is 0 Å². The Morgan fingerprint density at radius 1 is 0.806 bits per heavy atom. The molecule has 2 atom stereocenters. The van der Waals surface area contributed by atoms with Crippen molar-refractivity contribution in [2.24, 2.45) is 5.92 Å². The van der Waals surface area contributed by atoms with Crippen molar-refractivity contribution in [3.63, 3.8) is 0 Å². The molecule has 0 aromatic rings. The zero-order chi connectivity index (χ0) is 23.5. The topological polar surface area (TPSA) is 63.6 Å². The summed E-state index contributed by atoms with van der Waals surface area (Å²) in [5.74, 6) is -0.681. The lowest BCUT2D eigenvalue weighted by molar-refractivity contribution is -0.873.